The molecular formula is C9H9N3O3S. The first kappa shape index (κ1) is 9.59. The van der Waals surface area contributed by atoms with E-state index in [9.17, 15) is 13.2 Å². The molecule has 3 rings (SSSR count). The minimum atomic E-state index is -2.93. The normalized spacial score (nSPS) is 19.8. The number of aromatic nitrogens is 3. The van der Waals surface area contributed by atoms with E-state index in [2.05, 4.69) is 9.97 Å². The monoisotopic (exact) mass is 239 g/mol. The fourth-order valence-electron chi connectivity index (χ4n) is 2.03. The number of nitrogens with one attached hydrogen (secondary N) is 1. The highest BCUT2D eigenvalue weighted by Crippen LogP contribution is 2.25. The van der Waals surface area contributed by atoms with E-state index in [1.807, 2.05) is 0 Å². The Labute approximate surface area is 90.8 Å². The highest BCUT2D eigenvalue weighted by Gasteiger charge is 2.36. The van der Waals surface area contributed by atoms with Crippen LogP contribution in [0.4, 0.5) is 0 Å². The van der Waals surface area contributed by atoms with Gasteiger partial charge in [-0.3, -0.25) is 9.55 Å². The van der Waals surface area contributed by atoms with E-state index < -0.39 is 9.84 Å². The third-order valence-electron chi connectivity index (χ3n) is 2.78. The molecule has 16 heavy (non-hydrogen) atoms. The summed E-state index contributed by atoms with van der Waals surface area (Å²) >= 11 is 0. The summed E-state index contributed by atoms with van der Waals surface area (Å²) in [6, 6.07) is 1.46. The van der Waals surface area contributed by atoms with Gasteiger partial charge < -0.3 is 4.98 Å². The minimum Gasteiger partial charge on any atom is -0.304 e. The number of hydrogen-bond donors (Lipinski definition) is 1. The SMILES string of the molecule is O=c1[nH]c2cnccc2n1C1CS(=O)(=O)C1. The van der Waals surface area contributed by atoms with Crippen LogP contribution < -0.4 is 5.69 Å². The summed E-state index contributed by atoms with van der Waals surface area (Å²) in [4.78, 5) is 18.2. The third kappa shape index (κ3) is 1.28. The van der Waals surface area contributed by atoms with Gasteiger partial charge in [0.25, 0.3) is 0 Å². The Hall–Kier alpha value is -1.63. The molecule has 1 saturated heterocycles. The fourth-order valence-corrected chi connectivity index (χ4v) is 3.40. The number of fused-ring (bicyclic) bond motifs is 1. The zero-order valence-corrected chi connectivity index (χ0v) is 9.07. The summed E-state index contributed by atoms with van der Waals surface area (Å²) in [5.41, 5.74) is 1.07. The van der Waals surface area contributed by atoms with Crippen LogP contribution in [0.25, 0.3) is 11.0 Å². The van der Waals surface area contributed by atoms with Gasteiger partial charge in [0.15, 0.2) is 9.84 Å². The topological polar surface area (TPSA) is 84.8 Å². The van der Waals surface area contributed by atoms with E-state index >= 15 is 0 Å². The van der Waals surface area contributed by atoms with Crippen molar-refractivity contribution >= 4 is 20.9 Å². The first-order chi connectivity index (χ1) is 7.57. The van der Waals surface area contributed by atoms with E-state index in [1.165, 1.54) is 4.57 Å². The van der Waals surface area contributed by atoms with Crippen LogP contribution in [-0.2, 0) is 9.84 Å². The van der Waals surface area contributed by atoms with Crippen molar-refractivity contribution < 1.29 is 8.42 Å². The van der Waals surface area contributed by atoms with Crippen molar-refractivity contribution in [1.29, 1.82) is 0 Å². The smallest absolute Gasteiger partial charge is 0.304 e. The second kappa shape index (κ2) is 2.94. The van der Waals surface area contributed by atoms with Crippen molar-refractivity contribution in [2.75, 3.05) is 11.5 Å². The van der Waals surface area contributed by atoms with Crippen molar-refractivity contribution in [2.24, 2.45) is 0 Å². The molecule has 7 heteroatoms. The highest BCUT2D eigenvalue weighted by molar-refractivity contribution is 7.92. The zero-order chi connectivity index (χ0) is 11.3. The van der Waals surface area contributed by atoms with Gasteiger partial charge in [0.1, 0.15) is 0 Å². The summed E-state index contributed by atoms with van der Waals surface area (Å²) < 4.78 is 23.7. The van der Waals surface area contributed by atoms with Crippen LogP contribution in [0.5, 0.6) is 0 Å². The van der Waals surface area contributed by atoms with Gasteiger partial charge in [-0.1, -0.05) is 0 Å². The standard InChI is InChI=1S/C9H9N3O3S/c13-9-11-7-3-10-2-1-8(7)12(9)6-4-16(14,15)5-6/h1-3,6H,4-5H2,(H,11,13). The summed E-state index contributed by atoms with van der Waals surface area (Å²) in [6.07, 6.45) is 3.14. The number of hydrogen-bond acceptors (Lipinski definition) is 4. The molecule has 6 nitrogen and oxygen atoms in total. The minimum absolute atomic E-state index is 0.0438. The second-order valence-corrected chi connectivity index (χ2v) is 6.08. The predicted molar refractivity (Wildman–Crippen MR) is 58.0 cm³/mol. The predicted octanol–water partition coefficient (Wildman–Crippen LogP) is -0.306. The van der Waals surface area contributed by atoms with Gasteiger partial charge in [0.2, 0.25) is 0 Å². The fraction of sp³-hybridized carbons (Fsp3) is 0.333. The van der Waals surface area contributed by atoms with Gasteiger partial charge in [-0.2, -0.15) is 0 Å². The Morgan fingerprint density at radius 2 is 2.19 bits per heavy atom. The number of nitrogens with zero attached hydrogens (tertiary/aromatic N) is 2. The molecule has 0 aromatic carbocycles. The van der Waals surface area contributed by atoms with Crippen molar-refractivity contribution in [2.45, 2.75) is 6.04 Å². The van der Waals surface area contributed by atoms with Crippen LogP contribution in [0.15, 0.2) is 23.3 Å². The average Bonchev–Trinajstić information content (AvgIpc) is 2.50. The zero-order valence-electron chi connectivity index (χ0n) is 8.25. The lowest BCUT2D eigenvalue weighted by Gasteiger charge is -2.26. The molecule has 3 heterocycles. The quantitative estimate of drug-likeness (QED) is 0.740. The molecule has 1 fully saturated rings. The molecule has 0 bridgehead atoms. The van der Waals surface area contributed by atoms with Crippen LogP contribution in [-0.4, -0.2) is 34.5 Å². The lowest BCUT2D eigenvalue weighted by molar-refractivity contribution is 0.507. The summed E-state index contributed by atoms with van der Waals surface area (Å²) in [5.74, 6) is 0.0877. The third-order valence-corrected chi connectivity index (χ3v) is 4.56. The maximum atomic E-state index is 11.7. The van der Waals surface area contributed by atoms with Gasteiger partial charge in [-0.15, -0.1) is 0 Å². The van der Waals surface area contributed by atoms with Gasteiger partial charge in [-0.25, -0.2) is 13.2 Å². The molecule has 2 aromatic rings. The number of aromatic amines is 1. The van der Waals surface area contributed by atoms with Gasteiger partial charge >= 0.3 is 5.69 Å². The Balaban J connectivity index is 2.17. The van der Waals surface area contributed by atoms with Crippen LogP contribution in [0, 0.1) is 0 Å². The Morgan fingerprint density at radius 3 is 2.88 bits per heavy atom. The molecule has 1 N–H and O–H groups in total. The largest absolute Gasteiger partial charge is 0.326 e. The number of pyridine rings is 1. The molecule has 0 unspecified atom stereocenters. The number of rotatable bonds is 1. The molecular weight excluding hydrogens is 230 g/mol. The molecule has 0 amide bonds. The van der Waals surface area contributed by atoms with Crippen LogP contribution in [0.2, 0.25) is 0 Å². The molecule has 0 radical (unpaired) electrons. The van der Waals surface area contributed by atoms with E-state index in [0.717, 1.165) is 0 Å². The summed E-state index contributed by atoms with van der Waals surface area (Å²) in [6.45, 7) is 0. The number of sulfone groups is 1. The molecule has 1 aliphatic heterocycles. The van der Waals surface area contributed by atoms with E-state index in [4.69, 9.17) is 0 Å². The van der Waals surface area contributed by atoms with Gasteiger partial charge in [-0.05, 0) is 6.07 Å². The number of imidazole rings is 1. The maximum Gasteiger partial charge on any atom is 0.326 e. The lowest BCUT2D eigenvalue weighted by atomic mass is 10.3. The number of H-pyrrole nitrogens is 1. The summed E-state index contributed by atoms with van der Waals surface area (Å²) in [5, 5.41) is 0. The lowest BCUT2D eigenvalue weighted by Crippen LogP contribution is -2.41. The van der Waals surface area contributed by atoms with Gasteiger partial charge in [0, 0.05) is 6.20 Å². The van der Waals surface area contributed by atoms with E-state index in [0.29, 0.717) is 11.0 Å². The van der Waals surface area contributed by atoms with Crippen molar-refractivity contribution in [3.8, 4) is 0 Å². The molecule has 0 aliphatic carbocycles. The van der Waals surface area contributed by atoms with E-state index in [1.54, 1.807) is 18.5 Å². The average molecular weight is 239 g/mol. The molecule has 0 spiro atoms. The molecule has 0 atom stereocenters. The van der Waals surface area contributed by atoms with Crippen LogP contribution in [0.1, 0.15) is 6.04 Å². The Kier molecular flexibility index (Phi) is 1.76. The van der Waals surface area contributed by atoms with Crippen LogP contribution in [0.3, 0.4) is 0 Å². The summed E-state index contributed by atoms with van der Waals surface area (Å²) in [7, 11) is -2.93. The second-order valence-electron chi connectivity index (χ2n) is 3.92. The molecule has 1 aliphatic rings. The first-order valence-electron chi connectivity index (χ1n) is 4.81. The first-order valence-corrected chi connectivity index (χ1v) is 6.64. The van der Waals surface area contributed by atoms with Crippen LogP contribution >= 0.6 is 0 Å². The van der Waals surface area contributed by atoms with E-state index in [-0.39, 0.29) is 23.2 Å². The van der Waals surface area contributed by atoms with Crippen molar-refractivity contribution in [3.05, 3.63) is 28.9 Å². The molecule has 84 valence electrons. The highest BCUT2D eigenvalue weighted by atomic mass is 32.2. The maximum absolute atomic E-state index is 11.7. The molecule has 2 aromatic heterocycles. The van der Waals surface area contributed by atoms with Crippen molar-refractivity contribution in [3.63, 3.8) is 0 Å². The Morgan fingerprint density at radius 1 is 1.44 bits per heavy atom. The van der Waals surface area contributed by atoms with Gasteiger partial charge in [0.05, 0.1) is 34.8 Å². The molecule has 0 saturated carbocycles. The Bertz CT molecular complexity index is 701. The van der Waals surface area contributed by atoms with Crippen molar-refractivity contribution in [1.82, 2.24) is 14.5 Å².